The van der Waals surface area contributed by atoms with Crippen LogP contribution in [0.3, 0.4) is 0 Å². The molecule has 5 atom stereocenters. The number of nitrogens with one attached hydrogen (secondary N) is 3. The highest BCUT2D eigenvalue weighted by Gasteiger charge is 2.40. The highest BCUT2D eigenvalue weighted by Crippen LogP contribution is 2.36. The van der Waals surface area contributed by atoms with Crippen LogP contribution in [0.5, 0.6) is 0 Å². The van der Waals surface area contributed by atoms with Gasteiger partial charge in [0.2, 0.25) is 11.8 Å². The Morgan fingerprint density at radius 2 is 1.54 bits per heavy atom. The van der Waals surface area contributed by atoms with Crippen LogP contribution in [-0.4, -0.2) is 70.5 Å². The first kappa shape index (κ1) is 33.8. The predicted octanol–water partition coefficient (Wildman–Crippen LogP) is 3.36. The van der Waals surface area contributed by atoms with Gasteiger partial charge >= 0.3 is 0 Å². The van der Waals surface area contributed by atoms with Crippen LogP contribution in [0.25, 0.3) is 0 Å². The monoisotopic (exact) mass is 650 g/mol. The zero-order valence-electron chi connectivity index (χ0n) is 26.1. The quantitative estimate of drug-likeness (QED) is 0.159. The van der Waals surface area contributed by atoms with E-state index in [0.717, 1.165) is 44.1 Å². The van der Waals surface area contributed by atoms with Gasteiger partial charge in [-0.25, -0.2) is 13.4 Å². The van der Waals surface area contributed by atoms with E-state index in [1.54, 1.807) is 24.4 Å². The topological polar surface area (TPSA) is 161 Å². The number of carbonyl (C=O) groups excluding carboxylic acids is 2. The first-order chi connectivity index (χ1) is 22.2. The van der Waals surface area contributed by atoms with Gasteiger partial charge in [-0.1, -0.05) is 80.6 Å². The lowest BCUT2D eigenvalue weighted by atomic mass is 9.82. The van der Waals surface area contributed by atoms with E-state index < -0.39 is 57.6 Å². The number of aromatic amines is 1. The van der Waals surface area contributed by atoms with Gasteiger partial charge in [0.25, 0.3) is 0 Å². The number of aliphatic hydroxyl groups excluding tert-OH is 2. The molecule has 2 amide bonds. The number of hydrogen-bond donors (Lipinski definition) is 5. The van der Waals surface area contributed by atoms with Gasteiger partial charge in [-0.2, -0.15) is 0 Å². The van der Waals surface area contributed by atoms with Crippen molar-refractivity contribution in [2.24, 2.45) is 17.8 Å². The zero-order chi connectivity index (χ0) is 32.5. The molecule has 46 heavy (non-hydrogen) atoms. The minimum absolute atomic E-state index is 0.0200. The van der Waals surface area contributed by atoms with E-state index in [0.29, 0.717) is 18.0 Å². The lowest BCUT2D eigenvalue weighted by molar-refractivity contribution is -0.132. The van der Waals surface area contributed by atoms with Gasteiger partial charge in [-0.3, -0.25) is 9.59 Å². The van der Waals surface area contributed by atoms with Crippen molar-refractivity contribution in [2.45, 2.75) is 93.4 Å². The molecule has 0 bridgehead atoms. The van der Waals surface area contributed by atoms with E-state index in [1.807, 2.05) is 30.3 Å². The summed E-state index contributed by atoms with van der Waals surface area (Å²) >= 11 is 0. The lowest BCUT2D eigenvalue weighted by Crippen LogP contribution is -2.57. The molecule has 5 rings (SSSR count). The van der Waals surface area contributed by atoms with Crippen molar-refractivity contribution >= 4 is 21.7 Å². The Balaban J connectivity index is 1.37. The SMILES string of the molecule is O=C(N[C@@H](Cc1cnc[nH]1)C(=O)N[C@@H](CC1CCCCC1)[C@@H](O)[C@@H](O)C1CC1)[C@H](Cc1ccccc1)CS(=O)(=O)c1ccccc1. The van der Waals surface area contributed by atoms with Crippen molar-refractivity contribution in [3.63, 3.8) is 0 Å². The predicted molar refractivity (Wildman–Crippen MR) is 174 cm³/mol. The number of aromatic nitrogens is 2. The van der Waals surface area contributed by atoms with Crippen molar-refractivity contribution in [2.75, 3.05) is 5.75 Å². The smallest absolute Gasteiger partial charge is 0.243 e. The number of hydrogen-bond acceptors (Lipinski definition) is 7. The fourth-order valence-electron chi connectivity index (χ4n) is 6.53. The molecule has 5 N–H and O–H groups in total. The van der Waals surface area contributed by atoms with Crippen LogP contribution in [0.2, 0.25) is 0 Å². The van der Waals surface area contributed by atoms with Crippen LogP contribution >= 0.6 is 0 Å². The summed E-state index contributed by atoms with van der Waals surface area (Å²) in [6, 6.07) is 15.5. The normalized spacial score (nSPS) is 19.0. The number of amides is 2. The highest BCUT2D eigenvalue weighted by atomic mass is 32.2. The molecule has 1 aromatic heterocycles. The molecule has 0 radical (unpaired) electrons. The van der Waals surface area contributed by atoms with Crippen LogP contribution < -0.4 is 10.6 Å². The molecule has 2 aliphatic carbocycles. The van der Waals surface area contributed by atoms with Crippen LogP contribution in [0, 0.1) is 17.8 Å². The number of aliphatic hydroxyl groups is 2. The Kier molecular flexibility index (Phi) is 11.6. The van der Waals surface area contributed by atoms with Crippen LogP contribution in [0.15, 0.2) is 78.1 Å². The van der Waals surface area contributed by atoms with Crippen molar-refractivity contribution in [1.82, 2.24) is 20.6 Å². The second-order valence-corrected chi connectivity index (χ2v) is 15.0. The van der Waals surface area contributed by atoms with Gasteiger partial charge in [-0.15, -0.1) is 0 Å². The molecule has 0 aliphatic heterocycles. The van der Waals surface area contributed by atoms with Crippen molar-refractivity contribution in [1.29, 1.82) is 0 Å². The van der Waals surface area contributed by atoms with Gasteiger partial charge in [-0.05, 0) is 55.2 Å². The first-order valence-corrected chi connectivity index (χ1v) is 18.1. The minimum Gasteiger partial charge on any atom is -0.390 e. The molecular formula is C35H46N4O6S. The number of benzene rings is 2. The molecule has 10 nitrogen and oxygen atoms in total. The minimum atomic E-state index is -3.83. The molecule has 2 aliphatic rings. The van der Waals surface area contributed by atoms with Gasteiger partial charge in [0, 0.05) is 18.3 Å². The van der Waals surface area contributed by atoms with Crippen molar-refractivity contribution in [3.8, 4) is 0 Å². The molecule has 248 valence electrons. The van der Waals surface area contributed by atoms with Crippen molar-refractivity contribution in [3.05, 3.63) is 84.4 Å². The third-order valence-corrected chi connectivity index (χ3v) is 11.2. The van der Waals surface area contributed by atoms with E-state index in [1.165, 1.54) is 24.9 Å². The molecular weight excluding hydrogens is 604 g/mol. The Morgan fingerprint density at radius 1 is 0.870 bits per heavy atom. The number of imidazole rings is 1. The van der Waals surface area contributed by atoms with E-state index in [2.05, 4.69) is 20.6 Å². The lowest BCUT2D eigenvalue weighted by Gasteiger charge is -2.33. The van der Waals surface area contributed by atoms with Crippen LogP contribution in [0.1, 0.15) is 62.6 Å². The summed E-state index contributed by atoms with van der Waals surface area (Å²) in [6.07, 6.45) is 8.82. The number of nitrogens with zero attached hydrogens (tertiary/aromatic N) is 1. The van der Waals surface area contributed by atoms with Crippen LogP contribution in [-0.2, 0) is 32.3 Å². The summed E-state index contributed by atoms with van der Waals surface area (Å²) < 4.78 is 26.8. The third-order valence-electron chi connectivity index (χ3n) is 9.34. The Bertz CT molecular complexity index is 1490. The van der Waals surface area contributed by atoms with E-state index in [4.69, 9.17) is 0 Å². The second-order valence-electron chi connectivity index (χ2n) is 13.0. The van der Waals surface area contributed by atoms with Crippen LogP contribution in [0.4, 0.5) is 0 Å². The molecule has 2 fully saturated rings. The highest BCUT2D eigenvalue weighted by molar-refractivity contribution is 7.91. The van der Waals surface area contributed by atoms with Gasteiger partial charge in [0.05, 0.1) is 35.0 Å². The second kappa shape index (κ2) is 15.8. The van der Waals surface area contributed by atoms with Gasteiger partial charge < -0.3 is 25.8 Å². The van der Waals surface area contributed by atoms with Gasteiger partial charge in [0.15, 0.2) is 9.84 Å². The summed E-state index contributed by atoms with van der Waals surface area (Å²) in [5.41, 5.74) is 1.41. The van der Waals surface area contributed by atoms with E-state index >= 15 is 0 Å². The maximum absolute atomic E-state index is 14.0. The molecule has 0 unspecified atom stereocenters. The fraction of sp³-hybridized carbons (Fsp3) is 0.514. The zero-order valence-corrected chi connectivity index (χ0v) is 26.9. The molecule has 0 spiro atoms. The van der Waals surface area contributed by atoms with Crippen molar-refractivity contribution < 1.29 is 28.2 Å². The standard InChI is InChI=1S/C35H46N4O6S/c40-32(26-16-17-26)33(41)30(19-25-12-6-2-7-13-25)38-35(43)31(20-28-21-36-23-37-28)39-34(42)27(18-24-10-4-1-5-11-24)22-46(44,45)29-14-8-3-9-15-29/h1,3-5,8-11,14-15,21,23,25-27,30-33,40-41H,2,6-7,12-13,16-20,22H2,(H,36,37)(H,38,43)(H,39,42)/t27-,30+,31+,32+,33-/m1/s1. The first-order valence-electron chi connectivity index (χ1n) is 16.5. The maximum atomic E-state index is 14.0. The third kappa shape index (κ3) is 9.49. The number of H-pyrrole nitrogens is 1. The molecule has 0 saturated heterocycles. The molecule has 2 saturated carbocycles. The Morgan fingerprint density at radius 3 is 2.17 bits per heavy atom. The summed E-state index contributed by atoms with van der Waals surface area (Å²) in [7, 11) is -3.83. The van der Waals surface area contributed by atoms with E-state index in [-0.39, 0.29) is 23.7 Å². The average Bonchev–Trinajstić information content (AvgIpc) is 3.79. The Labute approximate surface area is 271 Å². The number of rotatable bonds is 16. The molecule has 2 aromatic carbocycles. The molecule has 11 heteroatoms. The molecule has 3 aromatic rings. The fourth-order valence-corrected chi connectivity index (χ4v) is 8.10. The summed E-state index contributed by atoms with van der Waals surface area (Å²) in [6.45, 7) is 0. The summed E-state index contributed by atoms with van der Waals surface area (Å²) in [5.74, 6) is -2.15. The maximum Gasteiger partial charge on any atom is 0.243 e. The van der Waals surface area contributed by atoms with E-state index in [9.17, 15) is 28.2 Å². The summed E-state index contributed by atoms with van der Waals surface area (Å²) in [5, 5.41) is 27.9. The Hall–Kier alpha value is -3.54. The van der Waals surface area contributed by atoms with Gasteiger partial charge in [0.1, 0.15) is 12.1 Å². The number of carbonyl (C=O) groups is 2. The average molecular weight is 651 g/mol. The number of sulfone groups is 1. The largest absolute Gasteiger partial charge is 0.390 e. The summed E-state index contributed by atoms with van der Waals surface area (Å²) in [4.78, 5) is 35.1. The molecule has 1 heterocycles.